The van der Waals surface area contributed by atoms with Crippen LogP contribution in [0.2, 0.25) is 0 Å². The zero-order valence-corrected chi connectivity index (χ0v) is 9.44. The van der Waals surface area contributed by atoms with Gasteiger partial charge in [-0.15, -0.1) is 0 Å². The van der Waals surface area contributed by atoms with Gasteiger partial charge in [-0.05, 0) is 19.4 Å². The van der Waals surface area contributed by atoms with E-state index in [0.717, 1.165) is 19.6 Å². The maximum absolute atomic E-state index is 11.1. The lowest BCUT2D eigenvalue weighted by molar-refractivity contribution is 0.0854. The second-order valence-corrected chi connectivity index (χ2v) is 6.81. The van der Waals surface area contributed by atoms with Crippen LogP contribution in [0.3, 0.4) is 0 Å². The zero-order chi connectivity index (χ0) is 10.2. The van der Waals surface area contributed by atoms with Crippen molar-refractivity contribution < 1.29 is 8.42 Å². The molecule has 0 amide bonds. The van der Waals surface area contributed by atoms with Crippen molar-refractivity contribution in [1.29, 1.82) is 0 Å². The molecule has 0 radical (unpaired) electrons. The monoisotopic (exact) mass is 218 g/mol. The molecule has 2 aliphatic heterocycles. The van der Waals surface area contributed by atoms with Gasteiger partial charge >= 0.3 is 0 Å². The predicted octanol–water partition coefficient (Wildman–Crippen LogP) is -0.531. The maximum Gasteiger partial charge on any atom is 0.148 e. The van der Waals surface area contributed by atoms with Crippen molar-refractivity contribution in [3.8, 4) is 0 Å². The molecule has 82 valence electrons. The average Bonchev–Trinajstić information content (AvgIpc) is 2.41. The van der Waals surface area contributed by atoms with Gasteiger partial charge in [-0.25, -0.2) is 8.42 Å². The Morgan fingerprint density at radius 1 is 1.43 bits per heavy atom. The Morgan fingerprint density at radius 3 is 2.64 bits per heavy atom. The van der Waals surface area contributed by atoms with Crippen LogP contribution in [0.15, 0.2) is 0 Å². The highest BCUT2D eigenvalue weighted by Gasteiger charge is 2.45. The van der Waals surface area contributed by atoms with E-state index in [2.05, 4.69) is 10.2 Å². The van der Waals surface area contributed by atoms with Crippen molar-refractivity contribution >= 4 is 9.84 Å². The summed E-state index contributed by atoms with van der Waals surface area (Å²) in [4.78, 5) is 2.35. The van der Waals surface area contributed by atoms with Crippen LogP contribution in [-0.4, -0.2) is 57.0 Å². The Bertz CT molecular complexity index is 309. The first-order valence-electron chi connectivity index (χ1n) is 5.15. The van der Waals surface area contributed by atoms with Gasteiger partial charge in [0, 0.05) is 31.4 Å². The van der Waals surface area contributed by atoms with Crippen LogP contribution in [0.25, 0.3) is 0 Å². The summed E-state index contributed by atoms with van der Waals surface area (Å²) >= 11 is 0. The average molecular weight is 218 g/mol. The molecule has 0 bridgehead atoms. The minimum absolute atomic E-state index is 0.300. The molecule has 2 rings (SSSR count). The van der Waals surface area contributed by atoms with Gasteiger partial charge in [-0.2, -0.15) is 0 Å². The summed E-state index contributed by atoms with van der Waals surface area (Å²) < 4.78 is 22.1. The van der Waals surface area contributed by atoms with E-state index in [4.69, 9.17) is 0 Å². The summed E-state index contributed by atoms with van der Waals surface area (Å²) in [6.07, 6.45) is 3.75. The molecule has 2 fully saturated rings. The molecular formula is C9H18N2O2S. The molecule has 1 spiro atoms. The summed E-state index contributed by atoms with van der Waals surface area (Å²) in [5.74, 6) is 0.300. The van der Waals surface area contributed by atoms with Crippen molar-refractivity contribution in [2.45, 2.75) is 18.4 Å². The lowest BCUT2D eigenvalue weighted by Gasteiger charge is -2.46. The lowest BCUT2D eigenvalue weighted by Crippen LogP contribution is -2.66. The minimum atomic E-state index is -2.81. The Kier molecular flexibility index (Phi) is 2.57. The number of sulfone groups is 1. The van der Waals surface area contributed by atoms with Crippen LogP contribution in [0.1, 0.15) is 12.8 Å². The van der Waals surface area contributed by atoms with Crippen molar-refractivity contribution in [3.63, 3.8) is 0 Å². The molecule has 0 saturated carbocycles. The number of likely N-dealkylation sites (tertiary alicyclic amines) is 1. The number of nitrogens with zero attached hydrogens (tertiary/aromatic N) is 1. The van der Waals surface area contributed by atoms with Crippen molar-refractivity contribution in [3.05, 3.63) is 0 Å². The largest absolute Gasteiger partial charge is 0.313 e. The second-order valence-electron chi connectivity index (χ2n) is 4.55. The van der Waals surface area contributed by atoms with Gasteiger partial charge in [0.1, 0.15) is 9.84 Å². The summed E-state index contributed by atoms with van der Waals surface area (Å²) in [6.45, 7) is 3.85. The van der Waals surface area contributed by atoms with Gasteiger partial charge < -0.3 is 5.32 Å². The zero-order valence-electron chi connectivity index (χ0n) is 8.62. The second kappa shape index (κ2) is 3.47. The molecule has 0 aliphatic carbocycles. The number of nitrogens with one attached hydrogen (secondary N) is 1. The Balaban J connectivity index is 1.91. The highest BCUT2D eigenvalue weighted by molar-refractivity contribution is 7.90. The fourth-order valence-corrected chi connectivity index (χ4v) is 2.99. The quantitative estimate of drug-likeness (QED) is 0.692. The molecule has 0 aromatic carbocycles. The molecule has 0 aromatic heterocycles. The van der Waals surface area contributed by atoms with Gasteiger partial charge in [0.2, 0.25) is 0 Å². The highest BCUT2D eigenvalue weighted by atomic mass is 32.2. The summed E-state index contributed by atoms with van der Waals surface area (Å²) in [6, 6.07) is 0. The fraction of sp³-hybridized carbons (Fsp3) is 1.00. The lowest BCUT2D eigenvalue weighted by atomic mass is 9.89. The Hall–Kier alpha value is -0.130. The van der Waals surface area contributed by atoms with Crippen molar-refractivity contribution in [2.24, 2.45) is 0 Å². The molecule has 14 heavy (non-hydrogen) atoms. The SMILES string of the molecule is CS(=O)(=O)CCN1CCCC12CNC2. The Labute approximate surface area is 85.6 Å². The number of hydrogen-bond donors (Lipinski definition) is 1. The molecule has 0 atom stereocenters. The van der Waals surface area contributed by atoms with Crippen LogP contribution in [0.5, 0.6) is 0 Å². The summed E-state index contributed by atoms with van der Waals surface area (Å²) in [5.41, 5.74) is 0.310. The van der Waals surface area contributed by atoms with Crippen LogP contribution >= 0.6 is 0 Å². The molecule has 0 unspecified atom stereocenters. The van der Waals surface area contributed by atoms with Crippen LogP contribution in [-0.2, 0) is 9.84 Å². The molecule has 2 saturated heterocycles. The summed E-state index contributed by atoms with van der Waals surface area (Å²) in [7, 11) is -2.81. The summed E-state index contributed by atoms with van der Waals surface area (Å²) in [5, 5.41) is 3.28. The molecule has 5 heteroatoms. The van der Waals surface area contributed by atoms with E-state index in [9.17, 15) is 8.42 Å². The first kappa shape index (κ1) is 10.4. The first-order valence-corrected chi connectivity index (χ1v) is 7.21. The minimum Gasteiger partial charge on any atom is -0.313 e. The standard InChI is InChI=1S/C9H18N2O2S/c1-14(12,13)6-5-11-4-2-3-9(11)7-10-8-9/h10H,2-8H2,1H3. The molecular weight excluding hydrogens is 200 g/mol. The van der Waals surface area contributed by atoms with Gasteiger partial charge in [-0.3, -0.25) is 4.90 Å². The van der Waals surface area contributed by atoms with E-state index in [1.54, 1.807) is 0 Å². The molecule has 2 heterocycles. The van der Waals surface area contributed by atoms with Gasteiger partial charge in [0.25, 0.3) is 0 Å². The molecule has 1 N–H and O–H groups in total. The third-order valence-electron chi connectivity index (χ3n) is 3.38. The molecule has 0 aromatic rings. The van der Waals surface area contributed by atoms with E-state index in [-0.39, 0.29) is 0 Å². The van der Waals surface area contributed by atoms with Gasteiger partial charge in [0.05, 0.1) is 5.75 Å². The fourth-order valence-electron chi connectivity index (χ4n) is 2.43. The van der Waals surface area contributed by atoms with Crippen molar-refractivity contribution in [1.82, 2.24) is 10.2 Å². The van der Waals surface area contributed by atoms with E-state index in [0.29, 0.717) is 17.8 Å². The van der Waals surface area contributed by atoms with Crippen LogP contribution in [0, 0.1) is 0 Å². The predicted molar refractivity (Wildman–Crippen MR) is 56.1 cm³/mol. The molecule has 2 aliphatic rings. The van der Waals surface area contributed by atoms with E-state index >= 15 is 0 Å². The third kappa shape index (κ3) is 1.94. The first-order chi connectivity index (χ1) is 6.52. The van der Waals surface area contributed by atoms with E-state index in [1.807, 2.05) is 0 Å². The number of rotatable bonds is 3. The molecule has 4 nitrogen and oxygen atoms in total. The topological polar surface area (TPSA) is 49.4 Å². The normalized spacial score (nSPS) is 26.6. The number of hydrogen-bond acceptors (Lipinski definition) is 4. The van der Waals surface area contributed by atoms with E-state index in [1.165, 1.54) is 19.1 Å². The maximum atomic E-state index is 11.1. The Morgan fingerprint density at radius 2 is 2.14 bits per heavy atom. The van der Waals surface area contributed by atoms with Crippen molar-refractivity contribution in [2.75, 3.05) is 38.2 Å². The van der Waals surface area contributed by atoms with E-state index < -0.39 is 9.84 Å². The highest BCUT2D eigenvalue weighted by Crippen LogP contribution is 2.32. The van der Waals surface area contributed by atoms with Crippen LogP contribution < -0.4 is 5.32 Å². The smallest absolute Gasteiger partial charge is 0.148 e. The van der Waals surface area contributed by atoms with Gasteiger partial charge in [0.15, 0.2) is 0 Å². The van der Waals surface area contributed by atoms with Gasteiger partial charge in [-0.1, -0.05) is 0 Å². The van der Waals surface area contributed by atoms with Crippen LogP contribution in [0.4, 0.5) is 0 Å². The third-order valence-corrected chi connectivity index (χ3v) is 4.31.